The third-order valence-corrected chi connectivity index (χ3v) is 4.21. The molecule has 0 fully saturated rings. The zero-order chi connectivity index (χ0) is 14.9. The zero-order valence-electron chi connectivity index (χ0n) is 10.4. The summed E-state index contributed by atoms with van der Waals surface area (Å²) in [5, 5.41) is 0.221. The molecule has 0 aliphatic rings. The molecular formula is C12H11ClFN3O2S. The molecule has 0 radical (unpaired) electrons. The first-order valence-corrected chi connectivity index (χ1v) is 7.36. The number of aryl methyl sites for hydroxylation is 1. The molecular weight excluding hydrogens is 305 g/mol. The van der Waals surface area contributed by atoms with Crippen LogP contribution in [-0.4, -0.2) is 13.4 Å². The number of anilines is 2. The minimum atomic E-state index is -4.08. The predicted molar refractivity (Wildman–Crippen MR) is 75.6 cm³/mol. The Kier molecular flexibility index (Phi) is 3.82. The standard InChI is InChI=1S/C12H11ClFN3O2S/c1-7-4-9(14)11(5-10(7)15)20(18,19)17-8-2-3-12(13)16-6-8/h2-6,17H,15H2,1H3. The molecule has 0 saturated heterocycles. The van der Waals surface area contributed by atoms with Crippen molar-refractivity contribution in [3.63, 3.8) is 0 Å². The lowest BCUT2D eigenvalue weighted by atomic mass is 10.2. The van der Waals surface area contributed by atoms with Crippen LogP contribution in [0.25, 0.3) is 0 Å². The third-order valence-electron chi connectivity index (χ3n) is 2.59. The van der Waals surface area contributed by atoms with Crippen molar-refractivity contribution in [3.05, 3.63) is 47.0 Å². The van der Waals surface area contributed by atoms with Gasteiger partial charge in [-0.05, 0) is 36.8 Å². The Labute approximate surface area is 120 Å². The van der Waals surface area contributed by atoms with Crippen LogP contribution < -0.4 is 10.5 Å². The van der Waals surface area contributed by atoms with Crippen LogP contribution in [0.4, 0.5) is 15.8 Å². The Morgan fingerprint density at radius 3 is 2.65 bits per heavy atom. The lowest BCUT2D eigenvalue weighted by Crippen LogP contribution is -2.15. The lowest BCUT2D eigenvalue weighted by Gasteiger charge is -2.10. The maximum Gasteiger partial charge on any atom is 0.264 e. The number of rotatable bonds is 3. The highest BCUT2D eigenvalue weighted by atomic mass is 35.5. The van der Waals surface area contributed by atoms with Crippen LogP contribution in [0, 0.1) is 12.7 Å². The first-order valence-electron chi connectivity index (χ1n) is 5.49. The van der Waals surface area contributed by atoms with Gasteiger partial charge in [0.05, 0.1) is 11.9 Å². The van der Waals surface area contributed by atoms with Gasteiger partial charge in [-0.15, -0.1) is 0 Å². The SMILES string of the molecule is Cc1cc(F)c(S(=O)(=O)Nc2ccc(Cl)nc2)cc1N. The van der Waals surface area contributed by atoms with Gasteiger partial charge in [0.2, 0.25) is 0 Å². The molecule has 106 valence electrons. The van der Waals surface area contributed by atoms with E-state index in [1.165, 1.54) is 18.3 Å². The normalized spacial score (nSPS) is 11.3. The van der Waals surface area contributed by atoms with Gasteiger partial charge in [-0.1, -0.05) is 11.6 Å². The van der Waals surface area contributed by atoms with E-state index in [1.807, 2.05) is 0 Å². The van der Waals surface area contributed by atoms with Crippen molar-refractivity contribution in [2.24, 2.45) is 0 Å². The fraction of sp³-hybridized carbons (Fsp3) is 0.0833. The van der Waals surface area contributed by atoms with Crippen LogP contribution in [0.15, 0.2) is 35.4 Å². The molecule has 1 aromatic heterocycles. The predicted octanol–water partition coefficient (Wildman–Crippen LogP) is 2.57. The molecule has 0 aliphatic heterocycles. The molecule has 8 heteroatoms. The van der Waals surface area contributed by atoms with Gasteiger partial charge in [0.1, 0.15) is 15.9 Å². The number of nitrogens with zero attached hydrogens (tertiary/aromatic N) is 1. The summed E-state index contributed by atoms with van der Waals surface area (Å²) >= 11 is 5.60. The van der Waals surface area contributed by atoms with Gasteiger partial charge >= 0.3 is 0 Å². The molecule has 1 heterocycles. The van der Waals surface area contributed by atoms with Crippen molar-refractivity contribution in [2.75, 3.05) is 10.5 Å². The van der Waals surface area contributed by atoms with E-state index in [9.17, 15) is 12.8 Å². The molecule has 0 amide bonds. The van der Waals surface area contributed by atoms with E-state index >= 15 is 0 Å². The van der Waals surface area contributed by atoms with E-state index in [4.69, 9.17) is 17.3 Å². The number of halogens is 2. The van der Waals surface area contributed by atoms with E-state index in [2.05, 4.69) is 9.71 Å². The van der Waals surface area contributed by atoms with Crippen LogP contribution >= 0.6 is 11.6 Å². The summed E-state index contributed by atoms with van der Waals surface area (Å²) in [5.74, 6) is -0.869. The molecule has 2 aromatic rings. The molecule has 0 spiro atoms. The van der Waals surface area contributed by atoms with E-state index in [0.717, 1.165) is 12.1 Å². The summed E-state index contributed by atoms with van der Waals surface area (Å²) in [4.78, 5) is 3.21. The highest BCUT2D eigenvalue weighted by molar-refractivity contribution is 7.92. The number of aromatic nitrogens is 1. The van der Waals surface area contributed by atoms with Crippen molar-refractivity contribution in [2.45, 2.75) is 11.8 Å². The number of hydrogen-bond acceptors (Lipinski definition) is 4. The summed E-state index contributed by atoms with van der Waals surface area (Å²) < 4.78 is 40.2. The van der Waals surface area contributed by atoms with Crippen molar-refractivity contribution < 1.29 is 12.8 Å². The molecule has 0 bridgehead atoms. The Morgan fingerprint density at radius 1 is 1.35 bits per heavy atom. The number of sulfonamides is 1. The van der Waals surface area contributed by atoms with Crippen molar-refractivity contribution in [3.8, 4) is 0 Å². The van der Waals surface area contributed by atoms with Crippen LogP contribution in [-0.2, 0) is 10.0 Å². The molecule has 5 nitrogen and oxygen atoms in total. The van der Waals surface area contributed by atoms with Crippen molar-refractivity contribution in [1.82, 2.24) is 4.98 Å². The number of nitrogen functional groups attached to an aromatic ring is 1. The maximum atomic E-state index is 13.8. The molecule has 0 atom stereocenters. The second kappa shape index (κ2) is 5.26. The first kappa shape index (κ1) is 14.5. The van der Waals surface area contributed by atoms with Crippen LogP contribution in [0.5, 0.6) is 0 Å². The third kappa shape index (κ3) is 3.00. The fourth-order valence-corrected chi connectivity index (χ4v) is 2.77. The smallest absolute Gasteiger partial charge is 0.264 e. The van der Waals surface area contributed by atoms with Crippen LogP contribution in [0.2, 0.25) is 5.15 Å². The molecule has 0 aliphatic carbocycles. The number of pyridine rings is 1. The van der Waals surface area contributed by atoms with Gasteiger partial charge in [0.25, 0.3) is 10.0 Å². The summed E-state index contributed by atoms with van der Waals surface area (Å²) in [7, 11) is -4.08. The van der Waals surface area contributed by atoms with Crippen LogP contribution in [0.1, 0.15) is 5.56 Å². The molecule has 2 rings (SSSR count). The number of nitrogens with one attached hydrogen (secondary N) is 1. The minimum absolute atomic E-state index is 0.174. The summed E-state index contributed by atoms with van der Waals surface area (Å²) in [6, 6.07) is 4.99. The monoisotopic (exact) mass is 315 g/mol. The number of hydrogen-bond donors (Lipinski definition) is 2. The van der Waals surface area contributed by atoms with Crippen molar-refractivity contribution >= 4 is 33.0 Å². The first-order chi connectivity index (χ1) is 9.29. The van der Waals surface area contributed by atoms with Gasteiger partial charge in [-0.2, -0.15) is 0 Å². The highest BCUT2D eigenvalue weighted by Crippen LogP contribution is 2.23. The topological polar surface area (TPSA) is 85.1 Å². The molecule has 20 heavy (non-hydrogen) atoms. The Hall–Kier alpha value is -1.86. The summed E-state index contributed by atoms with van der Waals surface area (Å²) in [5.41, 5.74) is 6.45. The molecule has 0 saturated carbocycles. The molecule has 3 N–H and O–H groups in total. The van der Waals surface area contributed by atoms with Gasteiger partial charge in [-0.25, -0.2) is 17.8 Å². The van der Waals surface area contributed by atoms with Crippen LogP contribution in [0.3, 0.4) is 0 Å². The minimum Gasteiger partial charge on any atom is -0.398 e. The van der Waals surface area contributed by atoms with Gasteiger partial charge in [-0.3, -0.25) is 4.72 Å². The quantitative estimate of drug-likeness (QED) is 0.673. The van der Waals surface area contributed by atoms with E-state index in [0.29, 0.717) is 5.56 Å². The van der Waals surface area contributed by atoms with E-state index in [1.54, 1.807) is 6.92 Å². The summed E-state index contributed by atoms with van der Waals surface area (Å²) in [6.07, 6.45) is 1.23. The van der Waals surface area contributed by atoms with E-state index in [-0.39, 0.29) is 16.5 Å². The Balaban J connectivity index is 2.40. The zero-order valence-corrected chi connectivity index (χ0v) is 12.0. The number of benzene rings is 1. The highest BCUT2D eigenvalue weighted by Gasteiger charge is 2.20. The second-order valence-electron chi connectivity index (χ2n) is 4.11. The maximum absolute atomic E-state index is 13.8. The fourth-order valence-electron chi connectivity index (χ4n) is 1.52. The molecule has 0 unspecified atom stereocenters. The lowest BCUT2D eigenvalue weighted by molar-refractivity contribution is 0.570. The average molecular weight is 316 g/mol. The average Bonchev–Trinajstić information content (AvgIpc) is 2.36. The Bertz CT molecular complexity index is 748. The van der Waals surface area contributed by atoms with Gasteiger partial charge in [0.15, 0.2) is 0 Å². The van der Waals surface area contributed by atoms with E-state index < -0.39 is 20.7 Å². The van der Waals surface area contributed by atoms with Gasteiger partial charge in [0, 0.05) is 5.69 Å². The second-order valence-corrected chi connectivity index (χ2v) is 6.15. The van der Waals surface area contributed by atoms with Crippen molar-refractivity contribution in [1.29, 1.82) is 0 Å². The Morgan fingerprint density at radius 2 is 2.05 bits per heavy atom. The largest absolute Gasteiger partial charge is 0.398 e. The number of nitrogens with two attached hydrogens (primary N) is 1. The summed E-state index contributed by atoms with van der Waals surface area (Å²) in [6.45, 7) is 1.59. The van der Waals surface area contributed by atoms with Gasteiger partial charge < -0.3 is 5.73 Å². The molecule has 1 aromatic carbocycles.